The van der Waals surface area contributed by atoms with Gasteiger partial charge in [0.15, 0.2) is 0 Å². The predicted molar refractivity (Wildman–Crippen MR) is 86.3 cm³/mol. The van der Waals surface area contributed by atoms with Crippen LogP contribution in [0.2, 0.25) is 0 Å². The molecule has 1 N–H and O–H groups in total. The highest BCUT2D eigenvalue weighted by molar-refractivity contribution is 5.21. The molecule has 0 bridgehead atoms. The average Bonchev–Trinajstić information content (AvgIpc) is 3.24. The summed E-state index contributed by atoms with van der Waals surface area (Å²) in [6, 6.07) is 9.33. The number of benzene rings is 1. The molecule has 0 heterocycles. The minimum absolute atomic E-state index is 0.394. The third-order valence-electron chi connectivity index (χ3n) is 3.78. The molecule has 0 radical (unpaired) electrons. The van der Waals surface area contributed by atoms with Crippen LogP contribution in [0, 0.1) is 12.8 Å². The highest BCUT2D eigenvalue weighted by Gasteiger charge is 2.30. The predicted octanol–water partition coefficient (Wildman–Crippen LogP) is 2.99. The molecule has 0 amide bonds. The number of hydrogen-bond acceptors (Lipinski definition) is 3. The molecule has 1 aliphatic rings. The fraction of sp³-hybridized carbons (Fsp3) is 0.667. The van der Waals surface area contributed by atoms with E-state index in [1.807, 2.05) is 0 Å². The molecule has 1 atom stereocenters. The van der Waals surface area contributed by atoms with E-state index >= 15 is 0 Å². The van der Waals surface area contributed by atoms with E-state index in [1.54, 1.807) is 0 Å². The standard InChI is InChI=1S/C18H29NO2/c1-14(2)12-21-13-18(20)11-19(17-8-9-17)10-16-6-4-15(3)5-7-16/h4-7,14,17-18,20H,8-13H2,1-3H3. The largest absolute Gasteiger partial charge is 0.389 e. The van der Waals surface area contributed by atoms with Gasteiger partial charge in [0.2, 0.25) is 0 Å². The lowest BCUT2D eigenvalue weighted by molar-refractivity contribution is 0.00548. The monoisotopic (exact) mass is 291 g/mol. The van der Waals surface area contributed by atoms with Gasteiger partial charge in [0.05, 0.1) is 12.7 Å². The molecular formula is C18H29NO2. The Bertz CT molecular complexity index is 412. The van der Waals surface area contributed by atoms with Crippen LogP contribution in [-0.4, -0.2) is 41.9 Å². The van der Waals surface area contributed by atoms with Gasteiger partial charge < -0.3 is 9.84 Å². The molecule has 0 aromatic heterocycles. The van der Waals surface area contributed by atoms with Gasteiger partial charge in [0, 0.05) is 25.7 Å². The summed E-state index contributed by atoms with van der Waals surface area (Å²) in [7, 11) is 0. The fourth-order valence-corrected chi connectivity index (χ4v) is 2.47. The first kappa shape index (κ1) is 16.5. The van der Waals surface area contributed by atoms with Crippen molar-refractivity contribution in [1.82, 2.24) is 4.90 Å². The number of nitrogens with zero attached hydrogens (tertiary/aromatic N) is 1. The van der Waals surface area contributed by atoms with E-state index in [1.165, 1.54) is 24.0 Å². The maximum absolute atomic E-state index is 10.2. The molecular weight excluding hydrogens is 262 g/mol. The van der Waals surface area contributed by atoms with Crippen molar-refractivity contribution in [3.63, 3.8) is 0 Å². The van der Waals surface area contributed by atoms with Crippen LogP contribution in [0.4, 0.5) is 0 Å². The Kier molecular flexibility index (Phi) is 6.22. The maximum Gasteiger partial charge on any atom is 0.0900 e. The van der Waals surface area contributed by atoms with Gasteiger partial charge in [-0.2, -0.15) is 0 Å². The van der Waals surface area contributed by atoms with E-state index in [0.717, 1.165) is 13.2 Å². The topological polar surface area (TPSA) is 32.7 Å². The molecule has 1 aliphatic carbocycles. The highest BCUT2D eigenvalue weighted by atomic mass is 16.5. The molecule has 1 aromatic rings. The molecule has 1 saturated carbocycles. The van der Waals surface area contributed by atoms with Gasteiger partial charge in [-0.3, -0.25) is 4.90 Å². The molecule has 1 fully saturated rings. The number of aryl methyl sites for hydroxylation is 1. The van der Waals surface area contributed by atoms with Crippen molar-refractivity contribution in [3.8, 4) is 0 Å². The van der Waals surface area contributed by atoms with Crippen molar-refractivity contribution in [2.45, 2.75) is 52.3 Å². The first-order valence-corrected chi connectivity index (χ1v) is 8.10. The minimum atomic E-state index is -0.394. The third kappa shape index (κ3) is 6.16. The van der Waals surface area contributed by atoms with Crippen molar-refractivity contribution < 1.29 is 9.84 Å². The van der Waals surface area contributed by atoms with Crippen LogP contribution < -0.4 is 0 Å². The van der Waals surface area contributed by atoms with Crippen LogP contribution in [0.25, 0.3) is 0 Å². The second kappa shape index (κ2) is 7.92. The minimum Gasteiger partial charge on any atom is -0.389 e. The Balaban J connectivity index is 1.80. The second-order valence-electron chi connectivity index (χ2n) is 6.73. The lowest BCUT2D eigenvalue weighted by Gasteiger charge is -2.25. The number of hydrogen-bond donors (Lipinski definition) is 1. The first-order chi connectivity index (χ1) is 10.0. The Hall–Kier alpha value is -0.900. The van der Waals surface area contributed by atoms with Crippen LogP contribution in [0.3, 0.4) is 0 Å². The average molecular weight is 291 g/mol. The lowest BCUT2D eigenvalue weighted by Crippen LogP contribution is -2.36. The molecule has 0 aliphatic heterocycles. The van der Waals surface area contributed by atoms with Gasteiger partial charge in [-0.15, -0.1) is 0 Å². The summed E-state index contributed by atoms with van der Waals surface area (Å²) in [5.74, 6) is 0.518. The zero-order valence-corrected chi connectivity index (χ0v) is 13.6. The van der Waals surface area contributed by atoms with Crippen LogP contribution in [0.1, 0.15) is 37.8 Å². The van der Waals surface area contributed by atoms with Crippen LogP contribution in [-0.2, 0) is 11.3 Å². The van der Waals surface area contributed by atoms with Gasteiger partial charge in [-0.1, -0.05) is 43.7 Å². The van der Waals surface area contributed by atoms with Crippen LogP contribution in [0.15, 0.2) is 24.3 Å². The van der Waals surface area contributed by atoms with E-state index in [0.29, 0.717) is 25.1 Å². The van der Waals surface area contributed by atoms with E-state index in [9.17, 15) is 5.11 Å². The molecule has 1 unspecified atom stereocenters. The molecule has 2 rings (SSSR count). The SMILES string of the molecule is Cc1ccc(CN(CC(O)COCC(C)C)C2CC2)cc1. The van der Waals surface area contributed by atoms with Crippen molar-refractivity contribution in [2.24, 2.45) is 5.92 Å². The maximum atomic E-state index is 10.2. The molecule has 3 nitrogen and oxygen atoms in total. The Morgan fingerprint density at radius 3 is 2.43 bits per heavy atom. The Labute approximate surface area is 128 Å². The van der Waals surface area contributed by atoms with Crippen molar-refractivity contribution in [2.75, 3.05) is 19.8 Å². The Morgan fingerprint density at radius 2 is 1.86 bits per heavy atom. The van der Waals surface area contributed by atoms with Gasteiger partial charge >= 0.3 is 0 Å². The zero-order chi connectivity index (χ0) is 15.2. The van der Waals surface area contributed by atoms with Crippen molar-refractivity contribution in [1.29, 1.82) is 0 Å². The lowest BCUT2D eigenvalue weighted by atomic mass is 10.1. The summed E-state index contributed by atoms with van der Waals surface area (Å²) in [6.45, 7) is 9.15. The van der Waals surface area contributed by atoms with E-state index in [-0.39, 0.29) is 0 Å². The molecule has 0 spiro atoms. The smallest absolute Gasteiger partial charge is 0.0900 e. The second-order valence-corrected chi connectivity index (χ2v) is 6.73. The number of aliphatic hydroxyl groups is 1. The van der Waals surface area contributed by atoms with Gasteiger partial charge in [0.1, 0.15) is 0 Å². The molecule has 0 saturated heterocycles. The fourth-order valence-electron chi connectivity index (χ4n) is 2.47. The summed E-state index contributed by atoms with van der Waals surface area (Å²) < 4.78 is 5.55. The van der Waals surface area contributed by atoms with Crippen LogP contribution >= 0.6 is 0 Å². The third-order valence-corrected chi connectivity index (χ3v) is 3.78. The summed E-state index contributed by atoms with van der Waals surface area (Å²) >= 11 is 0. The van der Waals surface area contributed by atoms with Gasteiger partial charge in [-0.25, -0.2) is 0 Å². The highest BCUT2D eigenvalue weighted by Crippen LogP contribution is 2.28. The molecule has 1 aromatic carbocycles. The van der Waals surface area contributed by atoms with E-state index in [2.05, 4.69) is 49.9 Å². The van der Waals surface area contributed by atoms with E-state index in [4.69, 9.17) is 4.74 Å². The van der Waals surface area contributed by atoms with Gasteiger partial charge in [-0.05, 0) is 31.2 Å². The molecule has 3 heteroatoms. The summed E-state index contributed by atoms with van der Waals surface area (Å²) in [5, 5.41) is 10.2. The van der Waals surface area contributed by atoms with Crippen molar-refractivity contribution in [3.05, 3.63) is 35.4 Å². The molecule has 21 heavy (non-hydrogen) atoms. The summed E-state index contributed by atoms with van der Waals surface area (Å²) in [5.41, 5.74) is 2.61. The molecule has 118 valence electrons. The quantitative estimate of drug-likeness (QED) is 0.759. The summed E-state index contributed by atoms with van der Waals surface area (Å²) in [6.07, 6.45) is 2.12. The number of rotatable bonds is 9. The number of ether oxygens (including phenoxy) is 1. The zero-order valence-electron chi connectivity index (χ0n) is 13.6. The summed E-state index contributed by atoms with van der Waals surface area (Å²) in [4.78, 5) is 2.40. The van der Waals surface area contributed by atoms with E-state index < -0.39 is 6.10 Å². The number of aliphatic hydroxyl groups excluding tert-OH is 1. The first-order valence-electron chi connectivity index (χ1n) is 8.10. The van der Waals surface area contributed by atoms with Crippen LogP contribution in [0.5, 0.6) is 0 Å². The van der Waals surface area contributed by atoms with Gasteiger partial charge in [0.25, 0.3) is 0 Å². The Morgan fingerprint density at radius 1 is 1.19 bits per heavy atom. The van der Waals surface area contributed by atoms with Crippen molar-refractivity contribution >= 4 is 0 Å². The normalized spacial score (nSPS) is 16.7.